The van der Waals surface area contributed by atoms with E-state index in [1.165, 1.54) is 5.56 Å². The third kappa shape index (κ3) is 2.70. The molecule has 2 N–H and O–H groups in total. The van der Waals surface area contributed by atoms with E-state index in [1.807, 2.05) is 6.20 Å². The van der Waals surface area contributed by atoms with E-state index >= 15 is 0 Å². The van der Waals surface area contributed by atoms with Crippen molar-refractivity contribution in [2.24, 2.45) is 4.99 Å². The second kappa shape index (κ2) is 5.30. The van der Waals surface area contributed by atoms with Gasteiger partial charge in [-0.15, -0.1) is 0 Å². The number of rotatable bonds is 3. The fourth-order valence-electron chi connectivity index (χ4n) is 2.37. The SMILES string of the molecule is CN1CCCN=C1NCCc1ccc2cn[nH]c2c1. The summed E-state index contributed by atoms with van der Waals surface area (Å²) >= 11 is 0. The zero-order valence-electron chi connectivity index (χ0n) is 11.2. The minimum Gasteiger partial charge on any atom is -0.356 e. The van der Waals surface area contributed by atoms with Crippen molar-refractivity contribution in [2.45, 2.75) is 12.8 Å². The van der Waals surface area contributed by atoms with Crippen molar-refractivity contribution < 1.29 is 0 Å². The van der Waals surface area contributed by atoms with Gasteiger partial charge < -0.3 is 10.2 Å². The highest BCUT2D eigenvalue weighted by Gasteiger charge is 2.09. The van der Waals surface area contributed by atoms with Crippen LogP contribution in [0.1, 0.15) is 12.0 Å². The monoisotopic (exact) mass is 257 g/mol. The first-order chi connectivity index (χ1) is 9.33. The van der Waals surface area contributed by atoms with Gasteiger partial charge in [-0.25, -0.2) is 0 Å². The van der Waals surface area contributed by atoms with Crippen LogP contribution >= 0.6 is 0 Å². The lowest BCUT2D eigenvalue weighted by molar-refractivity contribution is 0.447. The third-order valence-electron chi connectivity index (χ3n) is 3.48. The maximum atomic E-state index is 4.50. The van der Waals surface area contributed by atoms with E-state index in [9.17, 15) is 0 Å². The summed E-state index contributed by atoms with van der Waals surface area (Å²) in [6.45, 7) is 2.93. The molecule has 1 aromatic carbocycles. The average molecular weight is 257 g/mol. The molecule has 0 aliphatic carbocycles. The van der Waals surface area contributed by atoms with Crippen molar-refractivity contribution in [3.63, 3.8) is 0 Å². The standard InChI is InChI=1S/C14H19N5/c1-19-8-2-6-15-14(19)16-7-5-11-3-4-12-10-17-18-13(12)9-11/h3-4,9-10H,2,5-8H2,1H3,(H,15,16)(H,17,18). The highest BCUT2D eigenvalue weighted by molar-refractivity contribution is 5.80. The summed E-state index contributed by atoms with van der Waals surface area (Å²) in [4.78, 5) is 6.68. The summed E-state index contributed by atoms with van der Waals surface area (Å²) in [5, 5.41) is 11.6. The van der Waals surface area contributed by atoms with Crippen LogP contribution in [-0.2, 0) is 6.42 Å². The zero-order chi connectivity index (χ0) is 13.1. The first-order valence-corrected chi connectivity index (χ1v) is 6.74. The number of hydrogen-bond acceptors (Lipinski definition) is 4. The number of benzene rings is 1. The van der Waals surface area contributed by atoms with Crippen LogP contribution in [0, 0.1) is 0 Å². The molecule has 0 fully saturated rings. The molecule has 1 aromatic heterocycles. The van der Waals surface area contributed by atoms with Crippen molar-refractivity contribution in [2.75, 3.05) is 26.7 Å². The molecule has 1 aliphatic rings. The van der Waals surface area contributed by atoms with Crippen LogP contribution in [0.5, 0.6) is 0 Å². The van der Waals surface area contributed by atoms with Gasteiger partial charge in [-0.05, 0) is 24.5 Å². The summed E-state index contributed by atoms with van der Waals surface area (Å²) < 4.78 is 0. The van der Waals surface area contributed by atoms with Crippen LogP contribution in [0.15, 0.2) is 29.4 Å². The number of H-pyrrole nitrogens is 1. The normalized spacial score (nSPS) is 15.6. The van der Waals surface area contributed by atoms with E-state index in [2.05, 4.69) is 50.7 Å². The van der Waals surface area contributed by atoms with Gasteiger partial charge in [0.05, 0.1) is 11.7 Å². The van der Waals surface area contributed by atoms with Crippen molar-refractivity contribution in [1.82, 2.24) is 20.4 Å². The molecule has 0 spiro atoms. The maximum absolute atomic E-state index is 4.50. The molecule has 3 rings (SSSR count). The van der Waals surface area contributed by atoms with Crippen LogP contribution in [-0.4, -0.2) is 47.7 Å². The van der Waals surface area contributed by atoms with Gasteiger partial charge in [-0.3, -0.25) is 10.1 Å². The smallest absolute Gasteiger partial charge is 0.193 e. The first kappa shape index (κ1) is 12.0. The molecular weight excluding hydrogens is 238 g/mol. The van der Waals surface area contributed by atoms with E-state index in [-0.39, 0.29) is 0 Å². The second-order valence-electron chi connectivity index (χ2n) is 4.95. The summed E-state index contributed by atoms with van der Waals surface area (Å²) in [6, 6.07) is 6.43. The molecule has 0 saturated heterocycles. The van der Waals surface area contributed by atoms with Crippen LogP contribution in [0.4, 0.5) is 0 Å². The molecular formula is C14H19N5. The molecule has 0 saturated carbocycles. The molecule has 0 unspecified atom stereocenters. The molecule has 0 radical (unpaired) electrons. The molecule has 1 aliphatic heterocycles. The van der Waals surface area contributed by atoms with E-state index in [1.54, 1.807) is 0 Å². The van der Waals surface area contributed by atoms with Gasteiger partial charge in [0.1, 0.15) is 0 Å². The second-order valence-corrected chi connectivity index (χ2v) is 4.95. The predicted octanol–water partition coefficient (Wildman–Crippen LogP) is 1.39. The van der Waals surface area contributed by atoms with Crippen molar-refractivity contribution >= 4 is 16.9 Å². The van der Waals surface area contributed by atoms with Crippen molar-refractivity contribution in [3.8, 4) is 0 Å². The van der Waals surface area contributed by atoms with Crippen LogP contribution in [0.25, 0.3) is 10.9 Å². The molecule has 100 valence electrons. The van der Waals surface area contributed by atoms with Crippen molar-refractivity contribution in [3.05, 3.63) is 30.0 Å². The van der Waals surface area contributed by atoms with E-state index < -0.39 is 0 Å². The lowest BCUT2D eigenvalue weighted by atomic mass is 10.1. The largest absolute Gasteiger partial charge is 0.356 e. The topological polar surface area (TPSA) is 56.3 Å². The Morgan fingerprint density at radius 2 is 2.37 bits per heavy atom. The third-order valence-corrected chi connectivity index (χ3v) is 3.48. The number of guanidine groups is 1. The Hall–Kier alpha value is -2.04. The van der Waals surface area contributed by atoms with E-state index in [0.717, 1.165) is 49.3 Å². The van der Waals surface area contributed by atoms with Crippen molar-refractivity contribution in [1.29, 1.82) is 0 Å². The average Bonchev–Trinajstić information content (AvgIpc) is 2.88. The molecule has 2 aromatic rings. The van der Waals surface area contributed by atoms with Crippen LogP contribution < -0.4 is 5.32 Å². The van der Waals surface area contributed by atoms with E-state index in [0.29, 0.717) is 0 Å². The number of nitrogens with zero attached hydrogens (tertiary/aromatic N) is 3. The molecule has 5 heteroatoms. The van der Waals surface area contributed by atoms with Gasteiger partial charge >= 0.3 is 0 Å². The Kier molecular flexibility index (Phi) is 3.35. The molecule has 0 atom stereocenters. The Morgan fingerprint density at radius 3 is 3.26 bits per heavy atom. The lowest BCUT2D eigenvalue weighted by Crippen LogP contribution is -2.42. The quantitative estimate of drug-likeness (QED) is 0.873. The fraction of sp³-hybridized carbons (Fsp3) is 0.429. The van der Waals surface area contributed by atoms with E-state index in [4.69, 9.17) is 0 Å². The highest BCUT2D eigenvalue weighted by atomic mass is 15.3. The summed E-state index contributed by atoms with van der Waals surface area (Å²) in [6.07, 6.45) is 3.99. The number of hydrogen-bond donors (Lipinski definition) is 2. The highest BCUT2D eigenvalue weighted by Crippen LogP contribution is 2.12. The number of aromatic amines is 1. The van der Waals surface area contributed by atoms with Gasteiger partial charge in [-0.1, -0.05) is 12.1 Å². The molecule has 2 heterocycles. The summed E-state index contributed by atoms with van der Waals surface area (Å²) in [5.41, 5.74) is 2.41. The Labute approximate surface area is 112 Å². The number of aromatic nitrogens is 2. The van der Waals surface area contributed by atoms with Crippen LogP contribution in [0.3, 0.4) is 0 Å². The predicted molar refractivity (Wildman–Crippen MR) is 77.3 cm³/mol. The Bertz CT molecular complexity index is 586. The minimum absolute atomic E-state index is 0.906. The number of fused-ring (bicyclic) bond motifs is 1. The minimum atomic E-state index is 0.906. The lowest BCUT2D eigenvalue weighted by Gasteiger charge is -2.25. The summed E-state index contributed by atoms with van der Waals surface area (Å²) in [7, 11) is 2.08. The Balaban J connectivity index is 1.58. The first-order valence-electron chi connectivity index (χ1n) is 6.74. The van der Waals surface area contributed by atoms with Gasteiger partial charge in [0, 0.05) is 32.1 Å². The molecule has 19 heavy (non-hydrogen) atoms. The maximum Gasteiger partial charge on any atom is 0.193 e. The molecule has 5 nitrogen and oxygen atoms in total. The molecule has 0 bridgehead atoms. The van der Waals surface area contributed by atoms with Gasteiger partial charge in [0.25, 0.3) is 0 Å². The summed E-state index contributed by atoms with van der Waals surface area (Å²) in [5.74, 6) is 1.02. The fourth-order valence-corrected chi connectivity index (χ4v) is 2.37. The molecule has 0 amide bonds. The van der Waals surface area contributed by atoms with Gasteiger partial charge in [-0.2, -0.15) is 5.10 Å². The van der Waals surface area contributed by atoms with Gasteiger partial charge in [0.15, 0.2) is 5.96 Å². The van der Waals surface area contributed by atoms with Crippen LogP contribution in [0.2, 0.25) is 0 Å². The number of aliphatic imine (C=N–C) groups is 1. The number of nitrogens with one attached hydrogen (secondary N) is 2. The van der Waals surface area contributed by atoms with Gasteiger partial charge in [0.2, 0.25) is 0 Å². The Morgan fingerprint density at radius 1 is 1.42 bits per heavy atom. The zero-order valence-corrected chi connectivity index (χ0v) is 11.2.